The van der Waals surface area contributed by atoms with Gasteiger partial charge in [-0.05, 0) is 48.9 Å². The molecule has 2 aliphatic rings. The molecule has 6 nitrogen and oxygen atoms in total. The number of rotatable bonds is 12. The lowest BCUT2D eigenvalue weighted by Gasteiger charge is -2.33. The second-order valence-corrected chi connectivity index (χ2v) is 15.5. The Bertz CT molecular complexity index is 1990. The van der Waals surface area contributed by atoms with Gasteiger partial charge in [0.2, 0.25) is 0 Å². The molecule has 5 aromatic carbocycles. The first-order valence-electron chi connectivity index (χ1n) is 17.7. The van der Waals surface area contributed by atoms with Crippen molar-refractivity contribution in [2.75, 3.05) is 13.1 Å². The van der Waals surface area contributed by atoms with E-state index in [4.69, 9.17) is 46.4 Å². The second-order valence-electron chi connectivity index (χ2n) is 13.9. The van der Waals surface area contributed by atoms with E-state index in [0.717, 1.165) is 51.4 Å². The zero-order valence-electron chi connectivity index (χ0n) is 28.6. The Morgan fingerprint density at radius 2 is 0.740 bits per heavy atom. The van der Waals surface area contributed by atoms with Crippen LogP contribution in [0.2, 0.25) is 20.1 Å². The van der Waals surface area contributed by atoms with Crippen LogP contribution in [0, 0.1) is 11.8 Å². The monoisotopic (exact) mass is 750 g/mol. The molecule has 0 radical (unpaired) electrons. The molecule has 7 rings (SSSR count). The van der Waals surface area contributed by atoms with Crippen LogP contribution in [-0.2, 0) is 0 Å². The first kappa shape index (κ1) is 35.3. The molecule has 2 aliphatic heterocycles. The van der Waals surface area contributed by atoms with Gasteiger partial charge < -0.3 is 0 Å². The van der Waals surface area contributed by atoms with Crippen molar-refractivity contribution in [2.45, 2.75) is 79.1 Å². The summed E-state index contributed by atoms with van der Waals surface area (Å²) in [6, 6.07) is 6.42. The summed E-state index contributed by atoms with van der Waals surface area (Å²) in [6.45, 7) is 8.99. The average molecular weight is 753 g/mol. The lowest BCUT2D eigenvalue weighted by atomic mass is 9.81. The molecule has 260 valence electrons. The Morgan fingerprint density at radius 3 is 0.980 bits per heavy atom. The number of imide groups is 2. The summed E-state index contributed by atoms with van der Waals surface area (Å²) in [5, 5.41) is 4.79. The van der Waals surface area contributed by atoms with Gasteiger partial charge in [0.15, 0.2) is 0 Å². The highest BCUT2D eigenvalue weighted by Gasteiger charge is 2.40. The summed E-state index contributed by atoms with van der Waals surface area (Å²) in [7, 11) is 0. The Kier molecular flexibility index (Phi) is 9.47. The van der Waals surface area contributed by atoms with Gasteiger partial charge in [0.1, 0.15) is 0 Å². The summed E-state index contributed by atoms with van der Waals surface area (Å²) < 4.78 is 0. The molecule has 2 heterocycles. The zero-order valence-corrected chi connectivity index (χ0v) is 31.6. The van der Waals surface area contributed by atoms with E-state index in [1.807, 2.05) is 0 Å². The standard InChI is InChI=1S/C40H38Cl4N2O4/c1-5-9-11-19(7-3)17-45-37(47)21-13-25(41)31-33-27(43)15-23-30-24(40(50)46(39(23)49)18-20(8-4)12-10-6-2)16-28(44)34(36(30)33)32-26(42)14-22(38(45)48)29(21)35(31)32/h13-16,19-20H,5-12,17-18H2,1-4H3. The molecule has 50 heavy (non-hydrogen) atoms. The summed E-state index contributed by atoms with van der Waals surface area (Å²) >= 11 is 28.5. The smallest absolute Gasteiger partial charge is 0.261 e. The third-order valence-electron chi connectivity index (χ3n) is 11.0. The highest BCUT2D eigenvalue weighted by atomic mass is 35.5. The quantitative estimate of drug-likeness (QED) is 0.0722. The van der Waals surface area contributed by atoms with Crippen LogP contribution in [0.4, 0.5) is 0 Å². The van der Waals surface area contributed by atoms with Crippen molar-refractivity contribution in [1.29, 1.82) is 0 Å². The van der Waals surface area contributed by atoms with Gasteiger partial charge in [-0.25, -0.2) is 0 Å². The van der Waals surface area contributed by atoms with E-state index < -0.39 is 23.6 Å². The molecule has 0 aromatic heterocycles. The van der Waals surface area contributed by atoms with Gasteiger partial charge in [0.25, 0.3) is 23.6 Å². The van der Waals surface area contributed by atoms with Gasteiger partial charge >= 0.3 is 0 Å². The molecule has 0 N–H and O–H groups in total. The fourth-order valence-electron chi connectivity index (χ4n) is 8.24. The number of amides is 4. The van der Waals surface area contributed by atoms with Crippen LogP contribution in [0.25, 0.3) is 43.1 Å². The topological polar surface area (TPSA) is 74.8 Å². The van der Waals surface area contributed by atoms with E-state index >= 15 is 0 Å². The maximum Gasteiger partial charge on any atom is 0.261 e. The van der Waals surface area contributed by atoms with E-state index in [9.17, 15) is 19.2 Å². The number of nitrogens with zero attached hydrogens (tertiary/aromatic N) is 2. The van der Waals surface area contributed by atoms with Gasteiger partial charge in [-0.15, -0.1) is 0 Å². The minimum Gasteiger partial charge on any atom is -0.274 e. The average Bonchev–Trinajstić information content (AvgIpc) is 3.10. The Labute approximate surface area is 311 Å². The molecule has 10 heteroatoms. The SMILES string of the molecule is CCCCC(CC)CN1C(=O)c2cc(Cl)c3c4c(Cl)cc5c6c(cc(Cl)c(c7c(Cl)cc(c2c37)C1=O)c64)C(=O)N(CC(CC)CCCC)C5=O. The van der Waals surface area contributed by atoms with Crippen molar-refractivity contribution in [2.24, 2.45) is 11.8 Å². The fraction of sp³-hybridized carbons (Fsp3) is 0.400. The third kappa shape index (κ3) is 5.19. The molecule has 0 aliphatic carbocycles. The number of benzene rings is 5. The van der Waals surface area contributed by atoms with Crippen LogP contribution in [0.3, 0.4) is 0 Å². The molecule has 0 bridgehead atoms. The van der Waals surface area contributed by atoms with Crippen molar-refractivity contribution >= 4 is 113 Å². The number of carbonyl (C=O) groups excluding carboxylic acids is 4. The van der Waals surface area contributed by atoms with Crippen molar-refractivity contribution in [1.82, 2.24) is 9.80 Å². The lowest BCUT2D eigenvalue weighted by Crippen LogP contribution is -2.43. The van der Waals surface area contributed by atoms with Gasteiger partial charge in [-0.3, -0.25) is 29.0 Å². The van der Waals surface area contributed by atoms with Crippen LogP contribution in [-0.4, -0.2) is 46.5 Å². The Morgan fingerprint density at radius 1 is 0.460 bits per heavy atom. The molecule has 0 spiro atoms. The fourth-order valence-corrected chi connectivity index (χ4v) is 9.43. The summed E-state index contributed by atoms with van der Waals surface area (Å²) in [5.41, 5.74) is 1.23. The van der Waals surface area contributed by atoms with E-state index in [1.165, 1.54) is 9.80 Å². The van der Waals surface area contributed by atoms with E-state index in [-0.39, 0.29) is 31.9 Å². The predicted octanol–water partition coefficient (Wildman–Crippen LogP) is 12.0. The number of fused-ring (bicyclic) bond motifs is 2. The Hall–Kier alpha value is -3.16. The summed E-state index contributed by atoms with van der Waals surface area (Å²) in [4.78, 5) is 59.3. The first-order valence-corrected chi connectivity index (χ1v) is 19.2. The van der Waals surface area contributed by atoms with Crippen molar-refractivity contribution in [3.05, 3.63) is 66.6 Å². The first-order chi connectivity index (χ1) is 24.0. The molecule has 5 aromatic rings. The van der Waals surface area contributed by atoms with Gasteiger partial charge in [-0.2, -0.15) is 0 Å². The number of carbonyl (C=O) groups is 4. The molecular weight excluding hydrogens is 714 g/mol. The zero-order chi connectivity index (χ0) is 35.8. The Balaban J connectivity index is 1.50. The van der Waals surface area contributed by atoms with Crippen molar-refractivity contribution < 1.29 is 19.2 Å². The van der Waals surface area contributed by atoms with Crippen molar-refractivity contribution in [3.63, 3.8) is 0 Å². The minimum atomic E-state index is -0.409. The van der Waals surface area contributed by atoms with Crippen LogP contribution >= 0.6 is 46.4 Å². The number of hydrogen-bond donors (Lipinski definition) is 0. The molecule has 0 saturated carbocycles. The van der Waals surface area contributed by atoms with E-state index in [2.05, 4.69) is 27.7 Å². The third-order valence-corrected chi connectivity index (χ3v) is 12.2. The highest BCUT2D eigenvalue weighted by molar-refractivity contribution is 6.56. The largest absolute Gasteiger partial charge is 0.274 e. The molecule has 0 saturated heterocycles. The number of halogens is 4. The molecule has 4 amide bonds. The maximum absolute atomic E-state index is 14.2. The van der Waals surface area contributed by atoms with Crippen LogP contribution < -0.4 is 0 Å². The minimum absolute atomic E-state index is 0.165. The number of hydrogen-bond acceptors (Lipinski definition) is 4. The highest BCUT2D eigenvalue weighted by Crippen LogP contribution is 2.53. The van der Waals surface area contributed by atoms with Gasteiger partial charge in [-0.1, -0.05) is 113 Å². The summed E-state index contributed by atoms with van der Waals surface area (Å²) in [6.07, 6.45) is 7.56. The van der Waals surface area contributed by atoms with Crippen LogP contribution in [0.15, 0.2) is 24.3 Å². The van der Waals surface area contributed by atoms with Gasteiger partial charge in [0, 0.05) is 76.3 Å². The van der Waals surface area contributed by atoms with E-state index in [0.29, 0.717) is 78.4 Å². The molecule has 2 atom stereocenters. The molecular formula is C40H38Cl4N2O4. The van der Waals surface area contributed by atoms with Crippen LogP contribution in [0.1, 0.15) is 120 Å². The normalized spacial score (nSPS) is 15.9. The second kappa shape index (κ2) is 13.4. The molecule has 2 unspecified atom stereocenters. The lowest BCUT2D eigenvalue weighted by molar-refractivity contribution is 0.0565. The van der Waals surface area contributed by atoms with E-state index in [1.54, 1.807) is 24.3 Å². The maximum atomic E-state index is 14.2. The summed E-state index contributed by atoms with van der Waals surface area (Å²) in [5.74, 6) is -1.31. The van der Waals surface area contributed by atoms with Gasteiger partial charge in [0.05, 0.1) is 22.3 Å². The van der Waals surface area contributed by atoms with Crippen molar-refractivity contribution in [3.8, 4) is 0 Å². The predicted molar refractivity (Wildman–Crippen MR) is 205 cm³/mol. The number of unbranched alkanes of at least 4 members (excludes halogenated alkanes) is 2. The molecule has 0 fully saturated rings. The van der Waals surface area contributed by atoms with Crippen LogP contribution in [0.5, 0.6) is 0 Å².